The molecule has 10 heteroatoms. The molecule has 0 spiro atoms. The Labute approximate surface area is 160 Å². The van der Waals surface area contributed by atoms with Crippen molar-refractivity contribution in [1.82, 2.24) is 4.72 Å². The zero-order valence-corrected chi connectivity index (χ0v) is 15.9. The SMILES string of the molecule is CCNS(=O)(=O)c1ccc(C)c(C(=O)Nc2ccc(OCC(F)(F)F)cc2)c1. The lowest BCUT2D eigenvalue weighted by molar-refractivity contribution is -0.153. The molecule has 0 aliphatic rings. The molecule has 0 fully saturated rings. The molecule has 152 valence electrons. The summed E-state index contributed by atoms with van der Waals surface area (Å²) in [6, 6.07) is 9.55. The van der Waals surface area contributed by atoms with Crippen molar-refractivity contribution in [2.45, 2.75) is 24.9 Å². The van der Waals surface area contributed by atoms with Crippen molar-refractivity contribution >= 4 is 21.6 Å². The van der Waals surface area contributed by atoms with Gasteiger partial charge >= 0.3 is 6.18 Å². The number of alkyl halides is 3. The maximum atomic E-state index is 12.5. The molecule has 2 aromatic rings. The minimum Gasteiger partial charge on any atom is -0.484 e. The number of halogens is 3. The first-order valence-electron chi connectivity index (χ1n) is 8.23. The number of carbonyl (C=O) groups excluding carboxylic acids is 1. The van der Waals surface area contributed by atoms with Gasteiger partial charge in [0, 0.05) is 17.8 Å². The second kappa shape index (κ2) is 8.61. The molecule has 1 amide bonds. The summed E-state index contributed by atoms with van der Waals surface area (Å²) in [6.45, 7) is 2.10. The predicted molar refractivity (Wildman–Crippen MR) is 98.0 cm³/mol. The number of nitrogens with one attached hydrogen (secondary N) is 2. The van der Waals surface area contributed by atoms with E-state index in [0.29, 0.717) is 11.3 Å². The van der Waals surface area contributed by atoms with Crippen LogP contribution in [-0.2, 0) is 10.0 Å². The Hall–Kier alpha value is -2.59. The molecule has 0 aliphatic heterocycles. The van der Waals surface area contributed by atoms with Gasteiger partial charge in [0.1, 0.15) is 5.75 Å². The maximum Gasteiger partial charge on any atom is 0.422 e. The fourth-order valence-corrected chi connectivity index (χ4v) is 3.35. The zero-order chi connectivity index (χ0) is 20.9. The van der Waals surface area contributed by atoms with Crippen LogP contribution in [-0.4, -0.2) is 33.7 Å². The third-order valence-electron chi connectivity index (χ3n) is 3.61. The Bertz CT molecular complexity index is 942. The molecule has 2 N–H and O–H groups in total. The van der Waals surface area contributed by atoms with Crippen molar-refractivity contribution in [1.29, 1.82) is 0 Å². The lowest BCUT2D eigenvalue weighted by Gasteiger charge is -2.12. The van der Waals surface area contributed by atoms with Crippen LogP contribution in [0.1, 0.15) is 22.8 Å². The standard InChI is InChI=1S/C18H19F3N2O4S/c1-3-22-28(25,26)15-9-4-12(2)16(10-15)17(24)23-13-5-7-14(8-6-13)27-11-18(19,20)21/h4-10,22H,3,11H2,1-2H3,(H,23,24). The first kappa shape index (κ1) is 21.7. The van der Waals surface area contributed by atoms with Gasteiger partial charge in [-0.3, -0.25) is 4.79 Å². The zero-order valence-electron chi connectivity index (χ0n) is 15.1. The number of ether oxygens (including phenoxy) is 1. The first-order valence-corrected chi connectivity index (χ1v) is 9.71. The summed E-state index contributed by atoms with van der Waals surface area (Å²) in [5.74, 6) is -0.541. The average Bonchev–Trinajstić information content (AvgIpc) is 2.60. The monoisotopic (exact) mass is 416 g/mol. The summed E-state index contributed by atoms with van der Waals surface area (Å²) in [6.07, 6.45) is -4.44. The van der Waals surface area contributed by atoms with Gasteiger partial charge in [0.25, 0.3) is 5.91 Å². The second-order valence-electron chi connectivity index (χ2n) is 5.86. The van der Waals surface area contributed by atoms with Gasteiger partial charge in [0.05, 0.1) is 4.90 Å². The summed E-state index contributed by atoms with van der Waals surface area (Å²) in [4.78, 5) is 12.5. The number of sulfonamides is 1. The molecule has 0 unspecified atom stereocenters. The highest BCUT2D eigenvalue weighted by Gasteiger charge is 2.28. The van der Waals surface area contributed by atoms with Crippen LogP contribution >= 0.6 is 0 Å². The third kappa shape index (κ3) is 5.96. The number of aryl methyl sites for hydroxylation is 1. The topological polar surface area (TPSA) is 84.5 Å². The minimum absolute atomic E-state index is 0.00485. The molecule has 0 atom stereocenters. The smallest absolute Gasteiger partial charge is 0.422 e. The van der Waals surface area contributed by atoms with E-state index in [1.54, 1.807) is 13.8 Å². The number of anilines is 1. The predicted octanol–water partition coefficient (Wildman–Crippen LogP) is 3.49. The molecule has 0 bridgehead atoms. The normalized spacial score (nSPS) is 11.9. The largest absolute Gasteiger partial charge is 0.484 e. The van der Waals surface area contributed by atoms with E-state index in [2.05, 4.69) is 14.8 Å². The Morgan fingerprint density at radius 3 is 2.32 bits per heavy atom. The van der Waals surface area contributed by atoms with Crippen LogP contribution in [0.2, 0.25) is 0 Å². The van der Waals surface area contributed by atoms with E-state index >= 15 is 0 Å². The van der Waals surface area contributed by atoms with Gasteiger partial charge in [-0.2, -0.15) is 13.2 Å². The van der Waals surface area contributed by atoms with Gasteiger partial charge in [0.15, 0.2) is 6.61 Å². The van der Waals surface area contributed by atoms with Crippen LogP contribution < -0.4 is 14.8 Å². The molecule has 0 radical (unpaired) electrons. The molecule has 0 aliphatic carbocycles. The third-order valence-corrected chi connectivity index (χ3v) is 5.16. The van der Waals surface area contributed by atoms with Gasteiger partial charge in [-0.1, -0.05) is 13.0 Å². The summed E-state index contributed by atoms with van der Waals surface area (Å²) in [7, 11) is -3.72. The van der Waals surface area contributed by atoms with E-state index in [0.717, 1.165) is 0 Å². The highest BCUT2D eigenvalue weighted by molar-refractivity contribution is 7.89. The summed E-state index contributed by atoms with van der Waals surface area (Å²) >= 11 is 0. The van der Waals surface area contributed by atoms with Crippen LogP contribution in [0.4, 0.5) is 18.9 Å². The highest BCUT2D eigenvalue weighted by Crippen LogP contribution is 2.22. The van der Waals surface area contributed by atoms with Crippen LogP contribution in [0.15, 0.2) is 47.4 Å². The lowest BCUT2D eigenvalue weighted by atomic mass is 10.1. The molecule has 0 aromatic heterocycles. The van der Waals surface area contributed by atoms with Crippen LogP contribution in [0.5, 0.6) is 5.75 Å². The fourth-order valence-electron chi connectivity index (χ4n) is 2.28. The molecule has 28 heavy (non-hydrogen) atoms. The van der Waals surface area contributed by atoms with Crippen molar-refractivity contribution in [3.05, 3.63) is 53.6 Å². The first-order chi connectivity index (χ1) is 13.0. The molecule has 0 saturated carbocycles. The van der Waals surface area contributed by atoms with Gasteiger partial charge in [-0.05, 0) is 48.9 Å². The van der Waals surface area contributed by atoms with Gasteiger partial charge in [-0.25, -0.2) is 13.1 Å². The van der Waals surface area contributed by atoms with Crippen molar-refractivity contribution < 1.29 is 31.1 Å². The molecule has 0 saturated heterocycles. The van der Waals surface area contributed by atoms with Crippen molar-refractivity contribution in [3.63, 3.8) is 0 Å². The van der Waals surface area contributed by atoms with E-state index in [-0.39, 0.29) is 22.8 Å². The number of rotatable bonds is 7. The number of hydrogen-bond acceptors (Lipinski definition) is 4. The fraction of sp³-hybridized carbons (Fsp3) is 0.278. The average molecular weight is 416 g/mol. The second-order valence-corrected chi connectivity index (χ2v) is 7.63. The molecular weight excluding hydrogens is 397 g/mol. The number of carbonyl (C=O) groups is 1. The van der Waals surface area contributed by atoms with E-state index in [4.69, 9.17) is 0 Å². The van der Waals surface area contributed by atoms with E-state index in [1.807, 2.05) is 0 Å². The van der Waals surface area contributed by atoms with Crippen molar-refractivity contribution in [2.75, 3.05) is 18.5 Å². The van der Waals surface area contributed by atoms with Crippen molar-refractivity contribution in [3.8, 4) is 5.75 Å². The highest BCUT2D eigenvalue weighted by atomic mass is 32.2. The Morgan fingerprint density at radius 1 is 1.11 bits per heavy atom. The maximum absolute atomic E-state index is 12.5. The lowest BCUT2D eigenvalue weighted by Crippen LogP contribution is -2.24. The van der Waals surface area contributed by atoms with E-state index in [9.17, 15) is 26.4 Å². The molecular formula is C18H19F3N2O4S. The summed E-state index contributed by atoms with van der Waals surface area (Å²) in [5.41, 5.74) is 1.05. The summed E-state index contributed by atoms with van der Waals surface area (Å²) in [5, 5.41) is 2.58. The van der Waals surface area contributed by atoms with Crippen LogP contribution in [0, 0.1) is 6.92 Å². The number of benzene rings is 2. The Morgan fingerprint density at radius 2 is 1.75 bits per heavy atom. The summed E-state index contributed by atoms with van der Waals surface area (Å²) < 4.78 is 67.6. The van der Waals surface area contributed by atoms with E-state index in [1.165, 1.54) is 42.5 Å². The Kier molecular flexibility index (Phi) is 6.68. The molecule has 6 nitrogen and oxygen atoms in total. The minimum atomic E-state index is -4.44. The molecule has 0 heterocycles. The quantitative estimate of drug-likeness (QED) is 0.724. The van der Waals surface area contributed by atoms with Crippen LogP contribution in [0.3, 0.4) is 0 Å². The molecule has 2 aromatic carbocycles. The van der Waals surface area contributed by atoms with Gasteiger partial charge < -0.3 is 10.1 Å². The Balaban J connectivity index is 2.14. The number of amides is 1. The van der Waals surface area contributed by atoms with E-state index < -0.39 is 28.7 Å². The van der Waals surface area contributed by atoms with Gasteiger partial charge in [0.2, 0.25) is 10.0 Å². The number of hydrogen-bond donors (Lipinski definition) is 2. The van der Waals surface area contributed by atoms with Crippen LogP contribution in [0.25, 0.3) is 0 Å². The van der Waals surface area contributed by atoms with Gasteiger partial charge in [-0.15, -0.1) is 0 Å². The van der Waals surface area contributed by atoms with Crippen molar-refractivity contribution in [2.24, 2.45) is 0 Å². The molecule has 2 rings (SSSR count).